The van der Waals surface area contributed by atoms with Crippen molar-refractivity contribution in [1.29, 1.82) is 0 Å². The Bertz CT molecular complexity index is 341. The van der Waals surface area contributed by atoms with Crippen LogP contribution in [0.3, 0.4) is 0 Å². The van der Waals surface area contributed by atoms with Gasteiger partial charge in [0, 0.05) is 13.1 Å². The van der Waals surface area contributed by atoms with Crippen molar-refractivity contribution >= 4 is 6.09 Å². The van der Waals surface area contributed by atoms with E-state index in [1.54, 1.807) is 0 Å². The average Bonchev–Trinajstić information content (AvgIpc) is 2.36. The normalized spacial score (nSPS) is 22.3. The van der Waals surface area contributed by atoms with E-state index in [1.165, 1.54) is 0 Å². The van der Waals surface area contributed by atoms with Gasteiger partial charge in [0.15, 0.2) is 6.29 Å². The highest BCUT2D eigenvalue weighted by molar-refractivity contribution is 5.67. The zero-order valence-electron chi connectivity index (χ0n) is 13.6. The van der Waals surface area contributed by atoms with Crippen LogP contribution >= 0.6 is 0 Å². The second-order valence-electron chi connectivity index (χ2n) is 6.51. The van der Waals surface area contributed by atoms with Crippen LogP contribution in [0, 0.1) is 0 Å². The molecule has 1 rings (SSSR count). The minimum Gasteiger partial charge on any atom is -0.444 e. The fraction of sp³-hybridized carbons (Fsp3) is 0.929. The van der Waals surface area contributed by atoms with Gasteiger partial charge in [-0.25, -0.2) is 4.79 Å². The summed E-state index contributed by atoms with van der Waals surface area (Å²) in [5.41, 5.74) is 4.55. The van der Waals surface area contributed by atoms with Crippen LogP contribution in [-0.4, -0.2) is 56.0 Å². The van der Waals surface area contributed by atoms with Crippen LogP contribution < -0.4 is 11.1 Å². The second-order valence-corrected chi connectivity index (χ2v) is 6.51. The van der Waals surface area contributed by atoms with E-state index < -0.39 is 18.0 Å². The molecule has 1 amide bonds. The van der Waals surface area contributed by atoms with Gasteiger partial charge in [-0.1, -0.05) is 0 Å². The lowest BCUT2D eigenvalue weighted by molar-refractivity contribution is -0.311. The van der Waals surface area contributed by atoms with Crippen molar-refractivity contribution in [3.63, 3.8) is 0 Å². The summed E-state index contributed by atoms with van der Waals surface area (Å²) in [5.74, 6) is 0. The Morgan fingerprint density at radius 1 is 1.48 bits per heavy atom. The average molecular weight is 304 g/mol. The first-order valence-corrected chi connectivity index (χ1v) is 7.22. The fourth-order valence-electron chi connectivity index (χ4n) is 1.74. The van der Waals surface area contributed by atoms with E-state index in [4.69, 9.17) is 24.7 Å². The molecule has 2 atom stereocenters. The van der Waals surface area contributed by atoms with E-state index in [9.17, 15) is 4.79 Å². The largest absolute Gasteiger partial charge is 0.444 e. The summed E-state index contributed by atoms with van der Waals surface area (Å²) < 4.78 is 22.2. The van der Waals surface area contributed by atoms with Gasteiger partial charge in [0.25, 0.3) is 0 Å². The number of hydrogen-bond donors (Lipinski definition) is 2. The molecule has 0 bridgehead atoms. The zero-order chi connectivity index (χ0) is 16.1. The quantitative estimate of drug-likeness (QED) is 0.682. The van der Waals surface area contributed by atoms with Crippen molar-refractivity contribution in [3.05, 3.63) is 0 Å². The maximum absolute atomic E-state index is 11.4. The summed E-state index contributed by atoms with van der Waals surface area (Å²) >= 11 is 0. The fourth-order valence-corrected chi connectivity index (χ4v) is 1.74. The van der Waals surface area contributed by atoms with E-state index in [0.717, 1.165) is 0 Å². The van der Waals surface area contributed by atoms with Crippen LogP contribution in [0.2, 0.25) is 0 Å². The number of rotatable bonds is 7. The van der Waals surface area contributed by atoms with Crippen LogP contribution in [0.1, 0.15) is 34.6 Å². The predicted molar refractivity (Wildman–Crippen MR) is 77.9 cm³/mol. The molecule has 0 saturated carbocycles. The number of hydrogen-bond acceptors (Lipinski definition) is 6. The molecule has 3 N–H and O–H groups in total. The molecule has 1 fully saturated rings. The highest BCUT2D eigenvalue weighted by Crippen LogP contribution is 2.30. The predicted octanol–water partition coefficient (Wildman–Crippen LogP) is 1.01. The minimum atomic E-state index is -0.637. The topological polar surface area (TPSA) is 92.0 Å². The summed E-state index contributed by atoms with van der Waals surface area (Å²) in [4.78, 5) is 11.4. The van der Waals surface area contributed by atoms with Crippen molar-refractivity contribution in [2.75, 3.05) is 26.3 Å². The van der Waals surface area contributed by atoms with Crippen molar-refractivity contribution in [1.82, 2.24) is 5.32 Å². The zero-order valence-corrected chi connectivity index (χ0v) is 13.6. The Hall–Kier alpha value is -0.890. The first-order chi connectivity index (χ1) is 9.64. The Kier molecular flexibility index (Phi) is 6.40. The van der Waals surface area contributed by atoms with Gasteiger partial charge in [-0.2, -0.15) is 0 Å². The van der Waals surface area contributed by atoms with Gasteiger partial charge < -0.3 is 30.0 Å². The lowest BCUT2D eigenvalue weighted by atomic mass is 9.96. The molecule has 0 aromatic carbocycles. The number of nitrogens with two attached hydrogens (primary N) is 1. The first-order valence-electron chi connectivity index (χ1n) is 7.22. The Morgan fingerprint density at radius 2 is 2.14 bits per heavy atom. The molecule has 0 aromatic rings. The van der Waals surface area contributed by atoms with E-state index in [2.05, 4.69) is 5.32 Å². The number of ether oxygens (including phenoxy) is 4. The summed E-state index contributed by atoms with van der Waals surface area (Å²) in [6.07, 6.45) is -1.25. The SMILES string of the molecule is CC(C)(C)OC(COC(=O)NCCN)OC1COC1(C)C. The minimum absolute atomic E-state index is 0.0141. The maximum Gasteiger partial charge on any atom is 0.407 e. The van der Waals surface area contributed by atoms with Crippen molar-refractivity contribution in [2.45, 2.75) is 58.2 Å². The standard InChI is InChI=1S/C14H28N2O5/c1-13(2,3)21-11(9-18-12(17)16-7-6-15)20-10-8-19-14(10,4)5/h10-11H,6-9,15H2,1-5H3,(H,16,17). The molecule has 7 nitrogen and oxygen atoms in total. The molecule has 1 saturated heterocycles. The molecule has 0 aliphatic carbocycles. The van der Waals surface area contributed by atoms with Crippen LogP contribution in [0.25, 0.3) is 0 Å². The van der Waals surface area contributed by atoms with Crippen LogP contribution in [0.5, 0.6) is 0 Å². The van der Waals surface area contributed by atoms with Gasteiger partial charge in [0.2, 0.25) is 0 Å². The maximum atomic E-state index is 11.4. The third-order valence-corrected chi connectivity index (χ3v) is 2.95. The van der Waals surface area contributed by atoms with Crippen molar-refractivity contribution < 1.29 is 23.7 Å². The van der Waals surface area contributed by atoms with Crippen LogP contribution in [-0.2, 0) is 18.9 Å². The molecule has 1 aliphatic heterocycles. The number of amides is 1. The third-order valence-electron chi connectivity index (χ3n) is 2.95. The van der Waals surface area contributed by atoms with E-state index >= 15 is 0 Å². The van der Waals surface area contributed by atoms with E-state index in [1.807, 2.05) is 34.6 Å². The number of alkyl carbamates (subject to hydrolysis) is 1. The molecule has 21 heavy (non-hydrogen) atoms. The summed E-state index contributed by atoms with van der Waals surface area (Å²) in [6, 6.07) is 0. The molecular formula is C14H28N2O5. The van der Waals surface area contributed by atoms with Crippen molar-refractivity contribution in [2.24, 2.45) is 5.73 Å². The number of carbonyl (C=O) groups is 1. The second kappa shape index (κ2) is 7.40. The lowest BCUT2D eigenvalue weighted by Gasteiger charge is -2.45. The molecule has 1 aliphatic rings. The molecule has 2 unspecified atom stereocenters. The highest BCUT2D eigenvalue weighted by atomic mass is 16.7. The monoisotopic (exact) mass is 304 g/mol. The Balaban J connectivity index is 2.47. The first kappa shape index (κ1) is 18.2. The van der Waals surface area contributed by atoms with Gasteiger partial charge in [-0.15, -0.1) is 0 Å². The lowest BCUT2D eigenvalue weighted by Crippen LogP contribution is -2.57. The Labute approximate surface area is 126 Å². The van der Waals surface area contributed by atoms with E-state index in [-0.39, 0.29) is 18.3 Å². The van der Waals surface area contributed by atoms with Gasteiger partial charge >= 0.3 is 6.09 Å². The molecule has 0 spiro atoms. The third kappa shape index (κ3) is 6.60. The van der Waals surface area contributed by atoms with Gasteiger partial charge in [-0.3, -0.25) is 0 Å². The Morgan fingerprint density at radius 3 is 2.57 bits per heavy atom. The molecule has 0 aromatic heterocycles. The molecular weight excluding hydrogens is 276 g/mol. The number of nitrogens with one attached hydrogen (secondary N) is 1. The van der Waals surface area contributed by atoms with Gasteiger partial charge in [-0.05, 0) is 34.6 Å². The highest BCUT2D eigenvalue weighted by Gasteiger charge is 2.43. The smallest absolute Gasteiger partial charge is 0.407 e. The van der Waals surface area contributed by atoms with Crippen LogP contribution in [0.4, 0.5) is 4.79 Å². The molecule has 124 valence electrons. The number of carbonyl (C=O) groups excluding carboxylic acids is 1. The van der Waals surface area contributed by atoms with Crippen molar-refractivity contribution in [3.8, 4) is 0 Å². The summed E-state index contributed by atoms with van der Waals surface area (Å²) in [5, 5.41) is 2.53. The van der Waals surface area contributed by atoms with E-state index in [0.29, 0.717) is 19.7 Å². The van der Waals surface area contributed by atoms with Gasteiger partial charge in [0.1, 0.15) is 12.7 Å². The molecule has 1 heterocycles. The van der Waals surface area contributed by atoms with Crippen LogP contribution in [0.15, 0.2) is 0 Å². The van der Waals surface area contributed by atoms with Gasteiger partial charge in [0.05, 0.1) is 17.8 Å². The molecule has 0 radical (unpaired) electrons. The molecule has 7 heteroatoms. The summed E-state index contributed by atoms with van der Waals surface area (Å²) in [6.45, 7) is 10.9. The summed E-state index contributed by atoms with van der Waals surface area (Å²) in [7, 11) is 0.